The molecular formula is C22H24N2. The fourth-order valence-electron chi connectivity index (χ4n) is 2.72. The van der Waals surface area contributed by atoms with Crippen LogP contribution in [0.15, 0.2) is 72.8 Å². The molecule has 24 heavy (non-hydrogen) atoms. The predicted octanol–water partition coefficient (Wildman–Crippen LogP) is 5.53. The van der Waals surface area contributed by atoms with Gasteiger partial charge in [-0.2, -0.15) is 0 Å². The summed E-state index contributed by atoms with van der Waals surface area (Å²) in [5.41, 5.74) is 7.58. The molecule has 2 nitrogen and oxygen atoms in total. The van der Waals surface area contributed by atoms with Gasteiger partial charge in [0.1, 0.15) is 0 Å². The van der Waals surface area contributed by atoms with Gasteiger partial charge in [0.25, 0.3) is 0 Å². The lowest BCUT2D eigenvalue weighted by molar-refractivity contribution is 1.11. The molecular weight excluding hydrogens is 292 g/mol. The summed E-state index contributed by atoms with van der Waals surface area (Å²) in [7, 11) is 0. The van der Waals surface area contributed by atoms with E-state index in [1.165, 1.54) is 22.3 Å². The number of rotatable bonds is 6. The number of aryl methyl sites for hydroxylation is 2. The molecule has 0 spiro atoms. The van der Waals surface area contributed by atoms with Crippen LogP contribution < -0.4 is 10.6 Å². The topological polar surface area (TPSA) is 24.1 Å². The molecule has 0 amide bonds. The fourth-order valence-corrected chi connectivity index (χ4v) is 2.72. The van der Waals surface area contributed by atoms with Gasteiger partial charge in [-0.1, -0.05) is 48.5 Å². The molecule has 3 rings (SSSR count). The van der Waals surface area contributed by atoms with Gasteiger partial charge in [-0.25, -0.2) is 0 Å². The van der Waals surface area contributed by atoms with Crippen LogP contribution in [-0.4, -0.2) is 0 Å². The highest BCUT2D eigenvalue weighted by molar-refractivity contribution is 5.54. The molecule has 2 heteroatoms. The lowest BCUT2D eigenvalue weighted by atomic mass is 10.1. The summed E-state index contributed by atoms with van der Waals surface area (Å²) >= 11 is 0. The first-order valence-electron chi connectivity index (χ1n) is 8.39. The molecule has 0 aromatic heterocycles. The molecule has 0 fully saturated rings. The molecule has 3 aromatic carbocycles. The standard InChI is InChI=1S/C22H24N2/c1-17-7-3-5-9-19(17)15-23-21-11-13-22(14-12-21)24-16-20-10-6-4-8-18(20)2/h3-14,23-24H,15-16H2,1-2H3. The Morgan fingerprint density at radius 1 is 0.542 bits per heavy atom. The van der Waals surface area contributed by atoms with Crippen LogP contribution in [0.25, 0.3) is 0 Å². The zero-order valence-electron chi connectivity index (χ0n) is 14.3. The molecule has 0 aliphatic heterocycles. The highest BCUT2D eigenvalue weighted by Gasteiger charge is 1.99. The van der Waals surface area contributed by atoms with Crippen molar-refractivity contribution in [2.24, 2.45) is 0 Å². The Bertz CT molecular complexity index is 723. The third-order valence-corrected chi connectivity index (χ3v) is 4.37. The van der Waals surface area contributed by atoms with Crippen LogP contribution in [0.5, 0.6) is 0 Å². The van der Waals surface area contributed by atoms with Crippen molar-refractivity contribution in [2.45, 2.75) is 26.9 Å². The molecule has 0 aliphatic rings. The lowest BCUT2D eigenvalue weighted by Crippen LogP contribution is -2.03. The Hall–Kier alpha value is -2.74. The van der Waals surface area contributed by atoms with Gasteiger partial charge >= 0.3 is 0 Å². The van der Waals surface area contributed by atoms with E-state index < -0.39 is 0 Å². The van der Waals surface area contributed by atoms with E-state index in [1.54, 1.807) is 0 Å². The van der Waals surface area contributed by atoms with Crippen molar-refractivity contribution in [3.63, 3.8) is 0 Å². The second-order valence-corrected chi connectivity index (χ2v) is 6.14. The molecule has 2 N–H and O–H groups in total. The van der Waals surface area contributed by atoms with Gasteiger partial charge in [0.05, 0.1) is 0 Å². The minimum atomic E-state index is 0.850. The van der Waals surface area contributed by atoms with Crippen LogP contribution >= 0.6 is 0 Å². The van der Waals surface area contributed by atoms with Gasteiger partial charge in [-0.05, 0) is 60.4 Å². The Morgan fingerprint density at radius 2 is 0.917 bits per heavy atom. The molecule has 0 saturated heterocycles. The molecule has 0 radical (unpaired) electrons. The average Bonchev–Trinajstić information content (AvgIpc) is 2.61. The molecule has 0 bridgehead atoms. The second kappa shape index (κ2) is 7.69. The molecule has 0 atom stereocenters. The van der Waals surface area contributed by atoms with Crippen molar-refractivity contribution >= 4 is 11.4 Å². The van der Waals surface area contributed by atoms with Gasteiger partial charge < -0.3 is 10.6 Å². The van der Waals surface area contributed by atoms with E-state index in [9.17, 15) is 0 Å². The van der Waals surface area contributed by atoms with E-state index >= 15 is 0 Å². The summed E-state index contributed by atoms with van der Waals surface area (Å²) in [4.78, 5) is 0. The number of nitrogens with one attached hydrogen (secondary N) is 2. The van der Waals surface area contributed by atoms with Crippen LogP contribution in [0.4, 0.5) is 11.4 Å². The maximum Gasteiger partial charge on any atom is 0.0403 e. The van der Waals surface area contributed by atoms with Crippen LogP contribution in [-0.2, 0) is 13.1 Å². The van der Waals surface area contributed by atoms with Crippen LogP contribution in [0, 0.1) is 13.8 Å². The summed E-state index contributed by atoms with van der Waals surface area (Å²) in [5, 5.41) is 6.97. The van der Waals surface area contributed by atoms with E-state index in [0.29, 0.717) is 0 Å². The zero-order chi connectivity index (χ0) is 16.8. The van der Waals surface area contributed by atoms with Crippen molar-refractivity contribution in [3.8, 4) is 0 Å². The Labute approximate surface area is 144 Å². The number of anilines is 2. The maximum atomic E-state index is 3.48. The molecule has 3 aromatic rings. The summed E-state index contributed by atoms with van der Waals surface area (Å²) in [5.74, 6) is 0. The Morgan fingerprint density at radius 3 is 1.29 bits per heavy atom. The first-order valence-corrected chi connectivity index (χ1v) is 8.39. The highest BCUT2D eigenvalue weighted by atomic mass is 14.9. The van der Waals surface area contributed by atoms with Crippen LogP contribution in [0.1, 0.15) is 22.3 Å². The van der Waals surface area contributed by atoms with E-state index in [0.717, 1.165) is 24.5 Å². The molecule has 0 saturated carbocycles. The van der Waals surface area contributed by atoms with Gasteiger partial charge in [0.15, 0.2) is 0 Å². The molecule has 0 unspecified atom stereocenters. The number of benzene rings is 3. The third kappa shape index (κ3) is 4.17. The first kappa shape index (κ1) is 16.1. The number of hydrogen-bond donors (Lipinski definition) is 2. The molecule has 0 heterocycles. The minimum absolute atomic E-state index is 0.850. The zero-order valence-corrected chi connectivity index (χ0v) is 14.3. The minimum Gasteiger partial charge on any atom is -0.381 e. The molecule has 0 aliphatic carbocycles. The Kier molecular flexibility index (Phi) is 5.17. The summed E-state index contributed by atoms with van der Waals surface area (Å²) in [6.45, 7) is 6.00. The molecule has 122 valence electrons. The summed E-state index contributed by atoms with van der Waals surface area (Å²) in [6.07, 6.45) is 0. The van der Waals surface area contributed by atoms with Crippen molar-refractivity contribution in [1.82, 2.24) is 0 Å². The van der Waals surface area contributed by atoms with Gasteiger partial charge in [-0.3, -0.25) is 0 Å². The first-order chi connectivity index (χ1) is 11.7. The van der Waals surface area contributed by atoms with Gasteiger partial charge in [0.2, 0.25) is 0 Å². The lowest BCUT2D eigenvalue weighted by Gasteiger charge is -2.11. The van der Waals surface area contributed by atoms with Crippen molar-refractivity contribution in [1.29, 1.82) is 0 Å². The predicted molar refractivity (Wildman–Crippen MR) is 103 cm³/mol. The monoisotopic (exact) mass is 316 g/mol. The highest BCUT2D eigenvalue weighted by Crippen LogP contribution is 2.17. The fraction of sp³-hybridized carbons (Fsp3) is 0.182. The third-order valence-electron chi connectivity index (χ3n) is 4.37. The quantitative estimate of drug-likeness (QED) is 0.625. The number of hydrogen-bond acceptors (Lipinski definition) is 2. The van der Waals surface area contributed by atoms with Crippen molar-refractivity contribution in [3.05, 3.63) is 95.1 Å². The maximum absolute atomic E-state index is 3.48. The van der Waals surface area contributed by atoms with E-state index in [2.05, 4.69) is 97.3 Å². The van der Waals surface area contributed by atoms with Gasteiger partial charge in [-0.15, -0.1) is 0 Å². The van der Waals surface area contributed by atoms with E-state index in [-0.39, 0.29) is 0 Å². The Balaban J connectivity index is 1.55. The smallest absolute Gasteiger partial charge is 0.0403 e. The van der Waals surface area contributed by atoms with Gasteiger partial charge in [0, 0.05) is 24.5 Å². The van der Waals surface area contributed by atoms with Crippen molar-refractivity contribution < 1.29 is 0 Å². The normalized spacial score (nSPS) is 10.4. The van der Waals surface area contributed by atoms with Crippen LogP contribution in [0.2, 0.25) is 0 Å². The summed E-state index contributed by atoms with van der Waals surface area (Å²) in [6, 6.07) is 25.5. The largest absolute Gasteiger partial charge is 0.381 e. The van der Waals surface area contributed by atoms with Crippen LogP contribution in [0.3, 0.4) is 0 Å². The van der Waals surface area contributed by atoms with E-state index in [1.807, 2.05) is 0 Å². The second-order valence-electron chi connectivity index (χ2n) is 6.14. The van der Waals surface area contributed by atoms with Crippen molar-refractivity contribution in [2.75, 3.05) is 10.6 Å². The van der Waals surface area contributed by atoms with E-state index in [4.69, 9.17) is 0 Å². The SMILES string of the molecule is Cc1ccccc1CNc1ccc(NCc2ccccc2C)cc1. The summed E-state index contributed by atoms with van der Waals surface area (Å²) < 4.78 is 0. The average molecular weight is 316 g/mol.